The molecule has 0 spiro atoms. The molecule has 1 aromatic carbocycles. The Hall–Kier alpha value is -2.62. The van der Waals surface area contributed by atoms with Gasteiger partial charge in [-0.1, -0.05) is 18.2 Å². The summed E-state index contributed by atoms with van der Waals surface area (Å²) in [6, 6.07) is 7.94. The summed E-state index contributed by atoms with van der Waals surface area (Å²) in [4.78, 5) is 15.5. The number of benzene rings is 1. The van der Waals surface area contributed by atoms with Crippen molar-refractivity contribution in [3.05, 3.63) is 71.1 Å². The van der Waals surface area contributed by atoms with E-state index in [1.165, 1.54) is 11.1 Å². The fraction of sp³-hybridized carbons (Fsp3) is 0.263. The zero-order chi connectivity index (χ0) is 16.0. The van der Waals surface area contributed by atoms with Crippen molar-refractivity contribution in [1.29, 1.82) is 0 Å². The minimum Gasteiger partial charge on any atom is -0.478 e. The summed E-state index contributed by atoms with van der Waals surface area (Å²) in [6.45, 7) is 1.89. The zero-order valence-electron chi connectivity index (χ0n) is 12.9. The molecule has 0 fully saturated rings. The molecular weight excluding hydrogens is 288 g/mol. The van der Waals surface area contributed by atoms with E-state index in [-0.39, 0.29) is 6.04 Å². The van der Waals surface area contributed by atoms with E-state index < -0.39 is 5.97 Å². The Kier molecular flexibility index (Phi) is 3.18. The van der Waals surface area contributed by atoms with Crippen LogP contribution in [-0.2, 0) is 0 Å². The van der Waals surface area contributed by atoms with E-state index in [1.54, 1.807) is 6.07 Å². The van der Waals surface area contributed by atoms with Crippen LogP contribution in [-0.4, -0.2) is 16.1 Å². The Morgan fingerprint density at radius 3 is 2.78 bits per heavy atom. The second-order valence-electron chi connectivity index (χ2n) is 6.26. The molecule has 2 aromatic rings. The third-order valence-corrected chi connectivity index (χ3v) is 5.09. The maximum Gasteiger partial charge on any atom is 0.336 e. The lowest BCUT2D eigenvalue weighted by atomic mass is 9.76. The SMILES string of the molecule is Cc1c(C(=O)O)ccc2c1N[C@H](c1ccncc1)[C@H]1CC=C[C@@H]21. The van der Waals surface area contributed by atoms with Gasteiger partial charge in [-0.3, -0.25) is 4.98 Å². The van der Waals surface area contributed by atoms with Crippen molar-refractivity contribution in [2.45, 2.75) is 25.3 Å². The van der Waals surface area contributed by atoms with Gasteiger partial charge in [0.05, 0.1) is 11.6 Å². The smallest absolute Gasteiger partial charge is 0.336 e. The average molecular weight is 306 g/mol. The van der Waals surface area contributed by atoms with E-state index in [9.17, 15) is 9.90 Å². The molecule has 0 saturated carbocycles. The predicted molar refractivity (Wildman–Crippen MR) is 88.7 cm³/mol. The standard InChI is InChI=1S/C19H18N2O2/c1-11-13(19(22)23)5-6-16-14-3-2-4-15(14)18(21-17(11)16)12-7-9-20-10-8-12/h2-3,5-10,14-15,18,21H,4H2,1H3,(H,22,23)/t14-,15+,18-/m1/s1. The number of carboxylic acid groups (broad SMARTS) is 1. The van der Waals surface area contributed by atoms with Crippen molar-refractivity contribution in [1.82, 2.24) is 4.98 Å². The summed E-state index contributed by atoms with van der Waals surface area (Å²) in [5.41, 5.74) is 4.55. The second-order valence-corrected chi connectivity index (χ2v) is 6.26. The number of allylic oxidation sites excluding steroid dienone is 2. The van der Waals surface area contributed by atoms with Crippen LogP contribution in [0.2, 0.25) is 0 Å². The molecule has 3 atom stereocenters. The third kappa shape index (κ3) is 2.13. The number of rotatable bonds is 2. The Bertz CT molecular complexity index is 799. The summed E-state index contributed by atoms with van der Waals surface area (Å²) >= 11 is 0. The van der Waals surface area contributed by atoms with Gasteiger partial charge in [-0.2, -0.15) is 0 Å². The highest BCUT2D eigenvalue weighted by Gasteiger charge is 2.38. The molecule has 0 radical (unpaired) electrons. The molecule has 1 aliphatic carbocycles. The summed E-state index contributed by atoms with van der Waals surface area (Å²) in [7, 11) is 0. The van der Waals surface area contributed by atoms with Crippen molar-refractivity contribution >= 4 is 11.7 Å². The van der Waals surface area contributed by atoms with E-state index in [1.807, 2.05) is 37.5 Å². The van der Waals surface area contributed by atoms with Crippen LogP contribution >= 0.6 is 0 Å². The Morgan fingerprint density at radius 1 is 1.26 bits per heavy atom. The number of carbonyl (C=O) groups is 1. The van der Waals surface area contributed by atoms with Crippen LogP contribution in [0.25, 0.3) is 0 Å². The molecule has 4 nitrogen and oxygen atoms in total. The van der Waals surface area contributed by atoms with E-state index in [4.69, 9.17) is 0 Å². The average Bonchev–Trinajstić information content (AvgIpc) is 3.05. The van der Waals surface area contributed by atoms with Crippen LogP contribution in [0.15, 0.2) is 48.8 Å². The van der Waals surface area contributed by atoms with Crippen molar-refractivity contribution in [2.24, 2.45) is 5.92 Å². The molecule has 116 valence electrons. The topological polar surface area (TPSA) is 62.2 Å². The first-order chi connectivity index (χ1) is 11.2. The van der Waals surface area contributed by atoms with Crippen molar-refractivity contribution in [3.63, 3.8) is 0 Å². The maximum atomic E-state index is 11.4. The third-order valence-electron chi connectivity index (χ3n) is 5.09. The Balaban J connectivity index is 1.85. The van der Waals surface area contributed by atoms with Gasteiger partial charge in [-0.15, -0.1) is 0 Å². The summed E-state index contributed by atoms with van der Waals surface area (Å²) in [6.07, 6.45) is 9.15. The fourth-order valence-corrected chi connectivity index (χ4v) is 3.95. The number of nitrogens with zero attached hydrogens (tertiary/aromatic N) is 1. The van der Waals surface area contributed by atoms with Gasteiger partial charge in [0.25, 0.3) is 0 Å². The molecule has 0 amide bonds. The molecule has 1 aliphatic heterocycles. The normalized spacial score (nSPS) is 24.7. The number of aromatic carboxylic acids is 1. The largest absolute Gasteiger partial charge is 0.478 e. The van der Waals surface area contributed by atoms with Gasteiger partial charge in [0.2, 0.25) is 0 Å². The first-order valence-electron chi connectivity index (χ1n) is 7.86. The van der Waals surface area contributed by atoms with Crippen LogP contribution in [0.4, 0.5) is 5.69 Å². The van der Waals surface area contributed by atoms with Gasteiger partial charge in [0.15, 0.2) is 0 Å². The van der Waals surface area contributed by atoms with Gasteiger partial charge >= 0.3 is 5.97 Å². The van der Waals surface area contributed by atoms with Crippen LogP contribution in [0, 0.1) is 12.8 Å². The van der Waals surface area contributed by atoms with E-state index in [2.05, 4.69) is 22.5 Å². The lowest BCUT2D eigenvalue weighted by molar-refractivity contribution is 0.0696. The first-order valence-corrected chi connectivity index (χ1v) is 7.86. The fourth-order valence-electron chi connectivity index (χ4n) is 3.95. The van der Waals surface area contributed by atoms with E-state index in [0.717, 1.165) is 17.7 Å². The van der Waals surface area contributed by atoms with Crippen LogP contribution < -0.4 is 5.32 Å². The molecular formula is C19H18N2O2. The van der Waals surface area contributed by atoms with E-state index in [0.29, 0.717) is 17.4 Å². The Morgan fingerprint density at radius 2 is 2.04 bits per heavy atom. The lowest BCUT2D eigenvalue weighted by Crippen LogP contribution is -2.30. The number of hydrogen-bond donors (Lipinski definition) is 2. The highest BCUT2D eigenvalue weighted by Crippen LogP contribution is 2.50. The van der Waals surface area contributed by atoms with Crippen LogP contribution in [0.3, 0.4) is 0 Å². The minimum atomic E-state index is -0.878. The Labute approximate surface area is 134 Å². The quantitative estimate of drug-likeness (QED) is 0.826. The van der Waals surface area contributed by atoms with Crippen LogP contribution in [0.1, 0.15) is 45.4 Å². The molecule has 23 heavy (non-hydrogen) atoms. The summed E-state index contributed by atoms with van der Waals surface area (Å²) in [5.74, 6) is -0.0809. The molecule has 4 rings (SSSR count). The minimum absolute atomic E-state index is 0.174. The number of carboxylic acids is 1. The number of nitrogens with one attached hydrogen (secondary N) is 1. The van der Waals surface area contributed by atoms with Gasteiger partial charge < -0.3 is 10.4 Å². The number of pyridine rings is 1. The number of aromatic nitrogens is 1. The van der Waals surface area contributed by atoms with E-state index >= 15 is 0 Å². The molecule has 2 heterocycles. The molecule has 0 unspecified atom stereocenters. The highest BCUT2D eigenvalue weighted by atomic mass is 16.4. The van der Waals surface area contributed by atoms with Crippen molar-refractivity contribution in [2.75, 3.05) is 5.32 Å². The molecule has 4 heteroatoms. The zero-order valence-corrected chi connectivity index (χ0v) is 12.9. The second kappa shape index (κ2) is 5.23. The van der Waals surface area contributed by atoms with Gasteiger partial charge in [-0.25, -0.2) is 4.79 Å². The van der Waals surface area contributed by atoms with Gasteiger partial charge in [0, 0.05) is 24.0 Å². The lowest BCUT2D eigenvalue weighted by Gasteiger charge is -2.38. The number of hydrogen-bond acceptors (Lipinski definition) is 3. The highest BCUT2D eigenvalue weighted by molar-refractivity contribution is 5.92. The number of fused-ring (bicyclic) bond motifs is 3. The predicted octanol–water partition coefficient (Wildman–Crippen LogP) is 3.91. The van der Waals surface area contributed by atoms with Crippen molar-refractivity contribution in [3.8, 4) is 0 Å². The maximum absolute atomic E-state index is 11.4. The van der Waals surface area contributed by atoms with Gasteiger partial charge in [-0.05, 0) is 54.2 Å². The molecule has 1 aromatic heterocycles. The van der Waals surface area contributed by atoms with Crippen molar-refractivity contribution < 1.29 is 9.90 Å². The molecule has 0 saturated heterocycles. The van der Waals surface area contributed by atoms with Gasteiger partial charge in [0.1, 0.15) is 0 Å². The number of anilines is 1. The molecule has 0 bridgehead atoms. The summed E-state index contributed by atoms with van der Waals surface area (Å²) < 4.78 is 0. The summed E-state index contributed by atoms with van der Waals surface area (Å²) in [5, 5.41) is 13.0. The molecule has 2 aliphatic rings. The monoisotopic (exact) mass is 306 g/mol. The first kappa shape index (κ1) is 14.0. The molecule has 2 N–H and O–H groups in total. The van der Waals surface area contributed by atoms with Crippen LogP contribution in [0.5, 0.6) is 0 Å².